The van der Waals surface area contributed by atoms with Crippen molar-refractivity contribution >= 4 is 34.8 Å². The Morgan fingerprint density at radius 1 is 0.824 bits per heavy atom. The van der Waals surface area contributed by atoms with Crippen LogP contribution in [0, 0.1) is 0 Å². The van der Waals surface area contributed by atoms with Gasteiger partial charge in [0.1, 0.15) is 5.75 Å². The Hall–Kier alpha value is -0.890. The molecule has 1 nitrogen and oxygen atoms in total. The number of benzene rings is 2. The molecule has 2 aromatic carbocycles. The minimum Gasteiger partial charge on any atom is -0.495 e. The molecule has 2 aromatic rings. The van der Waals surface area contributed by atoms with Crippen LogP contribution in [0.5, 0.6) is 5.75 Å². The molecule has 0 N–H and O–H groups in total. The number of methoxy groups -OCH3 is 1. The van der Waals surface area contributed by atoms with Crippen LogP contribution in [0.25, 0.3) is 11.1 Å². The van der Waals surface area contributed by atoms with Gasteiger partial charge in [-0.25, -0.2) is 0 Å². The van der Waals surface area contributed by atoms with Gasteiger partial charge < -0.3 is 4.74 Å². The average Bonchev–Trinajstić information content (AvgIpc) is 2.32. The van der Waals surface area contributed by atoms with Crippen molar-refractivity contribution in [2.45, 2.75) is 0 Å². The first kappa shape index (κ1) is 12.6. The largest absolute Gasteiger partial charge is 0.495 e. The van der Waals surface area contributed by atoms with Gasteiger partial charge in [-0.05, 0) is 12.1 Å². The van der Waals surface area contributed by atoms with E-state index in [-0.39, 0.29) is 0 Å². The summed E-state index contributed by atoms with van der Waals surface area (Å²) in [4.78, 5) is 0. The molecule has 0 aliphatic heterocycles. The van der Waals surface area contributed by atoms with Crippen molar-refractivity contribution in [1.29, 1.82) is 0 Å². The highest BCUT2D eigenvalue weighted by atomic mass is 35.5. The lowest BCUT2D eigenvalue weighted by Crippen LogP contribution is -1.89. The van der Waals surface area contributed by atoms with Gasteiger partial charge in [0.05, 0.1) is 22.2 Å². The van der Waals surface area contributed by atoms with Crippen molar-refractivity contribution in [3.8, 4) is 16.9 Å². The molecule has 0 aliphatic rings. The van der Waals surface area contributed by atoms with Crippen LogP contribution in [-0.4, -0.2) is 7.11 Å². The maximum atomic E-state index is 6.18. The molecule has 0 radical (unpaired) electrons. The van der Waals surface area contributed by atoms with Gasteiger partial charge in [-0.2, -0.15) is 0 Å². The number of hydrogen-bond acceptors (Lipinski definition) is 1. The minimum absolute atomic E-state index is 0.495. The third kappa shape index (κ3) is 2.37. The van der Waals surface area contributed by atoms with E-state index in [1.807, 2.05) is 24.3 Å². The highest BCUT2D eigenvalue weighted by Crippen LogP contribution is 2.41. The summed E-state index contributed by atoms with van der Waals surface area (Å²) < 4.78 is 5.29. The van der Waals surface area contributed by atoms with E-state index < -0.39 is 0 Å². The second kappa shape index (κ2) is 5.18. The molecule has 0 heterocycles. The summed E-state index contributed by atoms with van der Waals surface area (Å²) in [5.74, 6) is 0.596. The zero-order valence-corrected chi connectivity index (χ0v) is 11.3. The maximum Gasteiger partial charge on any atom is 0.145 e. The molecule has 0 amide bonds. The van der Waals surface area contributed by atoms with Crippen LogP contribution in [0.2, 0.25) is 15.1 Å². The van der Waals surface area contributed by atoms with Crippen molar-refractivity contribution < 1.29 is 4.74 Å². The molecule has 0 aromatic heterocycles. The average molecular weight is 288 g/mol. The first-order valence-corrected chi connectivity index (χ1v) is 6.05. The Kier molecular flexibility index (Phi) is 3.82. The molecule has 0 fully saturated rings. The molecule has 0 bridgehead atoms. The number of rotatable bonds is 2. The fourth-order valence-corrected chi connectivity index (χ4v) is 2.29. The van der Waals surface area contributed by atoms with E-state index in [0.29, 0.717) is 20.8 Å². The van der Waals surface area contributed by atoms with Gasteiger partial charge >= 0.3 is 0 Å². The summed E-state index contributed by atoms with van der Waals surface area (Å²) in [7, 11) is 1.57. The molecule has 0 saturated heterocycles. The van der Waals surface area contributed by atoms with Crippen LogP contribution in [0.4, 0.5) is 0 Å². The van der Waals surface area contributed by atoms with E-state index in [0.717, 1.165) is 11.1 Å². The number of ether oxygens (including phenoxy) is 1. The lowest BCUT2D eigenvalue weighted by atomic mass is 10.0. The van der Waals surface area contributed by atoms with Gasteiger partial charge in [-0.3, -0.25) is 0 Å². The highest BCUT2D eigenvalue weighted by molar-refractivity contribution is 6.43. The third-order valence-corrected chi connectivity index (χ3v) is 3.53. The molecule has 88 valence electrons. The van der Waals surface area contributed by atoms with Crippen LogP contribution >= 0.6 is 34.8 Å². The van der Waals surface area contributed by atoms with E-state index in [4.69, 9.17) is 39.5 Å². The second-order valence-electron chi connectivity index (χ2n) is 3.42. The normalized spacial score (nSPS) is 10.4. The molecule has 0 aliphatic carbocycles. The second-order valence-corrected chi connectivity index (χ2v) is 4.61. The van der Waals surface area contributed by atoms with Crippen LogP contribution in [0.15, 0.2) is 36.4 Å². The molecular formula is C13H9Cl3O. The van der Waals surface area contributed by atoms with Crippen LogP contribution in [0.1, 0.15) is 0 Å². The predicted octanol–water partition coefficient (Wildman–Crippen LogP) is 5.32. The minimum atomic E-state index is 0.495. The van der Waals surface area contributed by atoms with Gasteiger partial charge in [0.25, 0.3) is 0 Å². The van der Waals surface area contributed by atoms with Gasteiger partial charge in [0.15, 0.2) is 0 Å². The Morgan fingerprint density at radius 3 is 2.06 bits per heavy atom. The monoisotopic (exact) mass is 286 g/mol. The number of para-hydroxylation sites is 1. The van der Waals surface area contributed by atoms with Crippen molar-refractivity contribution in [3.05, 3.63) is 51.5 Å². The van der Waals surface area contributed by atoms with Crippen LogP contribution < -0.4 is 4.74 Å². The van der Waals surface area contributed by atoms with Gasteiger partial charge in [0, 0.05) is 11.1 Å². The summed E-state index contributed by atoms with van der Waals surface area (Å²) in [6.07, 6.45) is 0. The fourth-order valence-electron chi connectivity index (χ4n) is 1.64. The Morgan fingerprint density at radius 2 is 1.41 bits per heavy atom. The summed E-state index contributed by atoms with van der Waals surface area (Å²) in [6.45, 7) is 0. The molecule has 2 rings (SSSR count). The quantitative estimate of drug-likeness (QED) is 0.726. The topological polar surface area (TPSA) is 9.23 Å². The van der Waals surface area contributed by atoms with Crippen molar-refractivity contribution in [2.75, 3.05) is 7.11 Å². The van der Waals surface area contributed by atoms with Crippen LogP contribution in [-0.2, 0) is 0 Å². The van der Waals surface area contributed by atoms with Gasteiger partial charge in [0.2, 0.25) is 0 Å². The Labute approximate surface area is 115 Å². The zero-order valence-electron chi connectivity index (χ0n) is 9.01. The Balaban J connectivity index is 2.68. The number of halogens is 3. The Bertz CT molecular complexity index is 552. The van der Waals surface area contributed by atoms with Crippen molar-refractivity contribution in [2.24, 2.45) is 0 Å². The van der Waals surface area contributed by atoms with E-state index in [1.54, 1.807) is 19.2 Å². The van der Waals surface area contributed by atoms with E-state index in [2.05, 4.69) is 0 Å². The SMILES string of the molecule is COc1c(Cl)cccc1-c1cccc(Cl)c1Cl. The molecule has 0 saturated carbocycles. The standard InChI is InChI=1S/C13H9Cl3O/c1-17-13-9(5-3-7-11(13)15)8-4-2-6-10(14)12(8)16/h2-7H,1H3. The first-order chi connectivity index (χ1) is 8.15. The van der Waals surface area contributed by atoms with E-state index in [9.17, 15) is 0 Å². The summed E-state index contributed by atoms with van der Waals surface area (Å²) in [5.41, 5.74) is 1.63. The molecule has 4 heteroatoms. The maximum absolute atomic E-state index is 6.18. The summed E-state index contributed by atoms with van der Waals surface area (Å²) in [5, 5.41) is 1.54. The van der Waals surface area contributed by atoms with Crippen molar-refractivity contribution in [1.82, 2.24) is 0 Å². The summed E-state index contributed by atoms with van der Waals surface area (Å²) >= 11 is 18.2. The zero-order chi connectivity index (χ0) is 12.4. The first-order valence-electron chi connectivity index (χ1n) is 4.92. The lowest BCUT2D eigenvalue weighted by molar-refractivity contribution is 0.416. The smallest absolute Gasteiger partial charge is 0.145 e. The highest BCUT2D eigenvalue weighted by Gasteiger charge is 2.13. The third-order valence-electron chi connectivity index (χ3n) is 2.41. The van der Waals surface area contributed by atoms with Crippen molar-refractivity contribution in [3.63, 3.8) is 0 Å². The molecular weight excluding hydrogens is 279 g/mol. The molecule has 0 atom stereocenters. The number of hydrogen-bond donors (Lipinski definition) is 0. The lowest BCUT2D eigenvalue weighted by Gasteiger charge is -2.12. The fraction of sp³-hybridized carbons (Fsp3) is 0.0769. The van der Waals surface area contributed by atoms with Crippen LogP contribution in [0.3, 0.4) is 0 Å². The van der Waals surface area contributed by atoms with E-state index in [1.165, 1.54) is 0 Å². The molecule has 0 spiro atoms. The molecule has 17 heavy (non-hydrogen) atoms. The van der Waals surface area contributed by atoms with Gasteiger partial charge in [-0.15, -0.1) is 0 Å². The molecule has 0 unspecified atom stereocenters. The van der Waals surface area contributed by atoms with Gasteiger partial charge in [-0.1, -0.05) is 59.1 Å². The summed E-state index contributed by atoms with van der Waals surface area (Å²) in [6, 6.07) is 11.0. The van der Waals surface area contributed by atoms with E-state index >= 15 is 0 Å². The predicted molar refractivity (Wildman–Crippen MR) is 73.5 cm³/mol.